The molecule has 4 heteroatoms. The van der Waals surface area contributed by atoms with Gasteiger partial charge in [0, 0.05) is 5.56 Å². The average molecular weight is 243 g/mol. The molecule has 1 rings (SSSR count). The lowest BCUT2D eigenvalue weighted by Crippen LogP contribution is -2.16. The second-order valence-corrected chi connectivity index (χ2v) is 4.96. The Hall–Kier alpha value is -0.830. The number of rotatable bonds is 4. The van der Waals surface area contributed by atoms with Crippen molar-refractivity contribution in [2.45, 2.75) is 47.1 Å². The lowest BCUT2D eigenvalue weighted by atomic mass is 10.1. The number of hydrogen-bond donors (Lipinski definition) is 0. The van der Waals surface area contributed by atoms with E-state index in [4.69, 9.17) is 16.3 Å². The summed E-state index contributed by atoms with van der Waals surface area (Å²) in [5.41, 5.74) is 1.90. The smallest absolute Gasteiger partial charge is 0.236 e. The maximum Gasteiger partial charge on any atom is 0.236 e. The molecule has 1 aromatic rings. The van der Waals surface area contributed by atoms with Crippen LogP contribution >= 0.6 is 11.6 Å². The van der Waals surface area contributed by atoms with E-state index < -0.39 is 0 Å². The summed E-state index contributed by atoms with van der Waals surface area (Å²) in [6, 6.07) is 0. The molecular formula is C12H19ClN2O. The first kappa shape index (κ1) is 13.2. The van der Waals surface area contributed by atoms with Crippen molar-refractivity contribution < 1.29 is 4.74 Å². The highest BCUT2D eigenvalue weighted by Gasteiger charge is 2.13. The first-order valence-corrected chi connectivity index (χ1v) is 5.95. The number of halogens is 1. The van der Waals surface area contributed by atoms with Gasteiger partial charge in [-0.25, -0.2) is 0 Å². The maximum atomic E-state index is 5.88. The number of ether oxygens (including phenoxy) is 1. The lowest BCUT2D eigenvalue weighted by Gasteiger charge is -2.17. The van der Waals surface area contributed by atoms with E-state index in [1.165, 1.54) is 0 Å². The molecule has 0 amide bonds. The monoisotopic (exact) mass is 242 g/mol. The van der Waals surface area contributed by atoms with Crippen molar-refractivity contribution in [2.24, 2.45) is 5.92 Å². The molecule has 0 saturated carbocycles. The van der Waals surface area contributed by atoms with Crippen LogP contribution in [0.1, 0.15) is 38.3 Å². The van der Waals surface area contributed by atoms with E-state index in [1.54, 1.807) is 0 Å². The minimum Gasteiger partial charge on any atom is -0.473 e. The van der Waals surface area contributed by atoms with Crippen LogP contribution in [0, 0.1) is 19.8 Å². The van der Waals surface area contributed by atoms with Gasteiger partial charge >= 0.3 is 0 Å². The van der Waals surface area contributed by atoms with Crippen LogP contribution in [0.25, 0.3) is 0 Å². The first-order valence-electron chi connectivity index (χ1n) is 5.57. The Morgan fingerprint density at radius 2 is 1.75 bits per heavy atom. The van der Waals surface area contributed by atoms with Gasteiger partial charge in [-0.2, -0.15) is 0 Å². The highest BCUT2D eigenvalue weighted by Crippen LogP contribution is 2.23. The minimum absolute atomic E-state index is 0.147. The van der Waals surface area contributed by atoms with E-state index in [2.05, 4.69) is 24.0 Å². The van der Waals surface area contributed by atoms with E-state index in [1.807, 2.05) is 20.8 Å². The van der Waals surface area contributed by atoms with Crippen LogP contribution in [0.5, 0.6) is 5.88 Å². The summed E-state index contributed by atoms with van der Waals surface area (Å²) in [7, 11) is 0. The Kier molecular flexibility index (Phi) is 4.54. The van der Waals surface area contributed by atoms with Gasteiger partial charge < -0.3 is 4.74 Å². The normalized spacial score (nSPS) is 12.9. The van der Waals surface area contributed by atoms with Gasteiger partial charge in [0.1, 0.15) is 0 Å². The molecule has 1 heterocycles. The number of hydrogen-bond acceptors (Lipinski definition) is 3. The molecule has 0 fully saturated rings. The number of nitrogens with zero attached hydrogens (tertiary/aromatic N) is 2. The Morgan fingerprint density at radius 3 is 2.31 bits per heavy atom. The molecule has 1 unspecified atom stereocenters. The van der Waals surface area contributed by atoms with Crippen LogP contribution in [-0.4, -0.2) is 16.3 Å². The number of aromatic nitrogens is 2. The van der Waals surface area contributed by atoms with Crippen molar-refractivity contribution in [3.63, 3.8) is 0 Å². The standard InChI is InChI=1S/C12H19ClN2O/c1-7(2)6-8(3)16-12-10(5)9(4)11(13)14-15-12/h7-8H,6H2,1-5H3. The summed E-state index contributed by atoms with van der Waals surface area (Å²) in [6.45, 7) is 10.3. The molecule has 1 atom stereocenters. The second kappa shape index (κ2) is 5.48. The van der Waals surface area contributed by atoms with Crippen molar-refractivity contribution in [2.75, 3.05) is 0 Å². The van der Waals surface area contributed by atoms with E-state index in [9.17, 15) is 0 Å². The summed E-state index contributed by atoms with van der Waals surface area (Å²) in [4.78, 5) is 0. The minimum atomic E-state index is 0.147. The van der Waals surface area contributed by atoms with Crippen LogP contribution in [-0.2, 0) is 0 Å². The van der Waals surface area contributed by atoms with Crippen molar-refractivity contribution >= 4 is 11.6 Å². The van der Waals surface area contributed by atoms with Gasteiger partial charge in [-0.1, -0.05) is 25.4 Å². The van der Waals surface area contributed by atoms with Crippen molar-refractivity contribution in [1.29, 1.82) is 0 Å². The van der Waals surface area contributed by atoms with Crippen LogP contribution in [0.15, 0.2) is 0 Å². The molecule has 16 heavy (non-hydrogen) atoms. The van der Waals surface area contributed by atoms with Crippen molar-refractivity contribution in [3.05, 3.63) is 16.3 Å². The summed E-state index contributed by atoms with van der Waals surface area (Å²) < 4.78 is 5.76. The zero-order valence-corrected chi connectivity index (χ0v) is 11.3. The average Bonchev–Trinajstić information content (AvgIpc) is 2.18. The predicted octanol–water partition coefficient (Wildman–Crippen LogP) is 3.56. The van der Waals surface area contributed by atoms with E-state index >= 15 is 0 Å². The Bertz CT molecular complexity index is 366. The Labute approximate surface area is 102 Å². The Morgan fingerprint density at radius 1 is 1.12 bits per heavy atom. The fourth-order valence-electron chi connectivity index (χ4n) is 1.57. The van der Waals surface area contributed by atoms with Gasteiger partial charge in [0.15, 0.2) is 5.15 Å². The van der Waals surface area contributed by atoms with Gasteiger partial charge in [0.05, 0.1) is 6.10 Å². The van der Waals surface area contributed by atoms with Gasteiger partial charge in [0.2, 0.25) is 5.88 Å². The lowest BCUT2D eigenvalue weighted by molar-refractivity contribution is 0.182. The molecule has 0 spiro atoms. The van der Waals surface area contributed by atoms with E-state index in [0.717, 1.165) is 17.5 Å². The highest BCUT2D eigenvalue weighted by atomic mass is 35.5. The molecule has 0 aliphatic carbocycles. The van der Waals surface area contributed by atoms with E-state index in [-0.39, 0.29) is 6.10 Å². The molecule has 0 aliphatic heterocycles. The molecule has 0 saturated heterocycles. The van der Waals surface area contributed by atoms with Crippen LogP contribution < -0.4 is 4.74 Å². The predicted molar refractivity (Wildman–Crippen MR) is 66.1 cm³/mol. The fourth-order valence-corrected chi connectivity index (χ4v) is 1.75. The van der Waals surface area contributed by atoms with Gasteiger partial charge in [-0.3, -0.25) is 0 Å². The maximum absolute atomic E-state index is 5.88. The van der Waals surface area contributed by atoms with Gasteiger partial charge in [-0.05, 0) is 38.7 Å². The summed E-state index contributed by atoms with van der Waals surface area (Å²) in [6.07, 6.45) is 1.15. The first-order chi connectivity index (χ1) is 7.41. The third-order valence-electron chi connectivity index (χ3n) is 2.54. The Balaban J connectivity index is 2.78. The topological polar surface area (TPSA) is 35.0 Å². The fraction of sp³-hybridized carbons (Fsp3) is 0.667. The molecule has 1 aromatic heterocycles. The van der Waals surface area contributed by atoms with Crippen molar-refractivity contribution in [3.8, 4) is 5.88 Å². The molecule has 0 radical (unpaired) electrons. The van der Waals surface area contributed by atoms with E-state index in [0.29, 0.717) is 17.0 Å². The second-order valence-electron chi connectivity index (χ2n) is 4.60. The summed E-state index contributed by atoms with van der Waals surface area (Å²) in [5.74, 6) is 1.20. The van der Waals surface area contributed by atoms with Crippen molar-refractivity contribution in [1.82, 2.24) is 10.2 Å². The SMILES string of the molecule is Cc1c(Cl)nnc(OC(C)CC(C)C)c1C. The molecule has 3 nitrogen and oxygen atoms in total. The summed E-state index contributed by atoms with van der Waals surface area (Å²) in [5, 5.41) is 8.29. The molecule has 0 N–H and O–H groups in total. The largest absolute Gasteiger partial charge is 0.473 e. The highest BCUT2D eigenvalue weighted by molar-refractivity contribution is 6.30. The zero-order valence-electron chi connectivity index (χ0n) is 10.5. The third kappa shape index (κ3) is 3.34. The third-order valence-corrected chi connectivity index (χ3v) is 2.90. The van der Waals surface area contributed by atoms with Gasteiger partial charge in [0.25, 0.3) is 0 Å². The molecule has 0 aliphatic rings. The molecule has 0 aromatic carbocycles. The quantitative estimate of drug-likeness (QED) is 0.810. The van der Waals surface area contributed by atoms with Crippen LogP contribution in [0.4, 0.5) is 0 Å². The van der Waals surface area contributed by atoms with Gasteiger partial charge in [-0.15, -0.1) is 10.2 Å². The molecular weight excluding hydrogens is 224 g/mol. The van der Waals surface area contributed by atoms with Crippen LogP contribution in [0.2, 0.25) is 5.15 Å². The summed E-state index contributed by atoms with van der Waals surface area (Å²) >= 11 is 5.88. The molecule has 90 valence electrons. The molecule has 0 bridgehead atoms. The zero-order chi connectivity index (χ0) is 12.3. The van der Waals surface area contributed by atoms with Crippen LogP contribution in [0.3, 0.4) is 0 Å².